The fourth-order valence-electron chi connectivity index (χ4n) is 1.83. The molecule has 0 saturated heterocycles. The zero-order valence-electron chi connectivity index (χ0n) is 11.6. The van der Waals surface area contributed by atoms with Gasteiger partial charge in [-0.3, -0.25) is 18.7 Å². The highest BCUT2D eigenvalue weighted by Gasteiger charge is 2.19. The summed E-state index contributed by atoms with van der Waals surface area (Å²) in [7, 11) is 3.00. The first-order valence-corrected chi connectivity index (χ1v) is 6.04. The van der Waals surface area contributed by atoms with Gasteiger partial charge in [-0.2, -0.15) is 0 Å². The third-order valence-corrected chi connectivity index (χ3v) is 3.10. The minimum Gasteiger partial charge on any atom is -0.368 e. The highest BCUT2D eigenvalue weighted by atomic mass is 16.2. The first-order valence-electron chi connectivity index (χ1n) is 6.04. The molecule has 1 aromatic heterocycles. The lowest BCUT2D eigenvalue weighted by molar-refractivity contribution is -0.121. The molecule has 0 saturated carbocycles. The Balaban J connectivity index is 2.99. The van der Waals surface area contributed by atoms with Crippen LogP contribution in [-0.4, -0.2) is 21.1 Å². The molecule has 7 nitrogen and oxygen atoms in total. The summed E-state index contributed by atoms with van der Waals surface area (Å²) in [5.41, 5.74) is 5.03. The molecule has 0 bridgehead atoms. The molecule has 1 unspecified atom stereocenters. The molecule has 19 heavy (non-hydrogen) atoms. The molecule has 7 heteroatoms. The fraction of sp³-hybridized carbons (Fsp3) is 0.583. The maximum atomic E-state index is 11.7. The van der Waals surface area contributed by atoms with E-state index in [0.29, 0.717) is 5.69 Å². The van der Waals surface area contributed by atoms with Crippen LogP contribution in [-0.2, 0) is 25.4 Å². The van der Waals surface area contributed by atoms with Gasteiger partial charge in [0.2, 0.25) is 5.91 Å². The van der Waals surface area contributed by atoms with Crippen molar-refractivity contribution in [2.75, 3.05) is 0 Å². The maximum Gasteiger partial charge on any atom is 0.330 e. The van der Waals surface area contributed by atoms with Crippen molar-refractivity contribution in [2.24, 2.45) is 25.7 Å². The Morgan fingerprint density at radius 3 is 2.37 bits per heavy atom. The molecule has 106 valence electrons. The minimum atomic E-state index is -0.501. The van der Waals surface area contributed by atoms with E-state index in [-0.39, 0.29) is 18.0 Å². The van der Waals surface area contributed by atoms with E-state index in [4.69, 9.17) is 5.73 Å². The Morgan fingerprint density at radius 2 is 1.89 bits per heavy atom. The van der Waals surface area contributed by atoms with Gasteiger partial charge in [0.05, 0.1) is 6.04 Å². The number of amides is 1. The van der Waals surface area contributed by atoms with Gasteiger partial charge in [0.15, 0.2) is 0 Å². The number of carbonyl (C=O) groups excluding carboxylic acids is 1. The predicted molar refractivity (Wildman–Crippen MR) is 71.6 cm³/mol. The quantitative estimate of drug-likeness (QED) is 0.692. The van der Waals surface area contributed by atoms with E-state index in [2.05, 4.69) is 5.32 Å². The zero-order chi connectivity index (χ0) is 14.7. The van der Waals surface area contributed by atoms with Gasteiger partial charge in [-0.1, -0.05) is 13.8 Å². The number of primary amides is 1. The Morgan fingerprint density at radius 1 is 1.32 bits per heavy atom. The van der Waals surface area contributed by atoms with Crippen LogP contribution in [0.2, 0.25) is 0 Å². The summed E-state index contributed by atoms with van der Waals surface area (Å²) in [5, 5.41) is 2.97. The first-order chi connectivity index (χ1) is 8.75. The minimum absolute atomic E-state index is 0.0288. The molecule has 3 N–H and O–H groups in total. The molecule has 0 fully saturated rings. The maximum absolute atomic E-state index is 11.7. The summed E-state index contributed by atoms with van der Waals surface area (Å²) in [6.45, 7) is 3.96. The van der Waals surface area contributed by atoms with Crippen LogP contribution in [0.4, 0.5) is 0 Å². The van der Waals surface area contributed by atoms with Crippen LogP contribution < -0.4 is 22.3 Å². The molecule has 1 amide bonds. The van der Waals surface area contributed by atoms with E-state index in [1.165, 1.54) is 17.7 Å². The molecule has 0 aliphatic rings. The van der Waals surface area contributed by atoms with Crippen LogP contribution in [0.15, 0.2) is 15.7 Å². The van der Waals surface area contributed by atoms with Gasteiger partial charge >= 0.3 is 5.69 Å². The number of nitrogens with zero attached hydrogens (tertiary/aromatic N) is 2. The van der Waals surface area contributed by atoms with Crippen molar-refractivity contribution in [3.05, 3.63) is 32.6 Å². The third-order valence-electron chi connectivity index (χ3n) is 3.10. The fourth-order valence-corrected chi connectivity index (χ4v) is 1.83. The molecule has 0 aromatic carbocycles. The smallest absolute Gasteiger partial charge is 0.330 e. The summed E-state index contributed by atoms with van der Waals surface area (Å²) < 4.78 is 2.39. The molecule has 1 rings (SSSR count). The molecule has 1 atom stereocenters. The number of aromatic nitrogens is 2. The van der Waals surface area contributed by atoms with Crippen LogP contribution in [0.3, 0.4) is 0 Å². The van der Waals surface area contributed by atoms with E-state index in [1.807, 2.05) is 13.8 Å². The Kier molecular flexibility index (Phi) is 4.66. The molecular formula is C12H20N4O3. The molecular weight excluding hydrogens is 248 g/mol. The van der Waals surface area contributed by atoms with Crippen LogP contribution in [0, 0.1) is 5.92 Å². The molecule has 1 aromatic rings. The third kappa shape index (κ3) is 3.31. The molecule has 0 aliphatic carbocycles. The lowest BCUT2D eigenvalue weighted by Crippen LogP contribution is -2.46. The summed E-state index contributed by atoms with van der Waals surface area (Å²) in [4.78, 5) is 34.5. The van der Waals surface area contributed by atoms with E-state index in [9.17, 15) is 14.4 Å². The zero-order valence-corrected chi connectivity index (χ0v) is 11.6. The Hall–Kier alpha value is -1.89. The molecule has 0 radical (unpaired) electrons. The lowest BCUT2D eigenvalue weighted by atomic mass is 10.0. The van der Waals surface area contributed by atoms with Gasteiger partial charge < -0.3 is 11.1 Å². The largest absolute Gasteiger partial charge is 0.368 e. The standard InChI is InChI=1S/C12H20N4O3/c1-7(2)10(11(13)18)14-6-8-5-9(17)16(4)12(19)15(8)3/h5,7,10,14H,6H2,1-4H3,(H2,13,18). The topological polar surface area (TPSA) is 99.1 Å². The number of carbonyl (C=O) groups is 1. The van der Waals surface area contributed by atoms with E-state index in [0.717, 1.165) is 4.57 Å². The van der Waals surface area contributed by atoms with Gasteiger partial charge in [-0.05, 0) is 5.92 Å². The van der Waals surface area contributed by atoms with Crippen molar-refractivity contribution in [1.82, 2.24) is 14.5 Å². The van der Waals surface area contributed by atoms with Crippen LogP contribution in [0.25, 0.3) is 0 Å². The second-order valence-corrected chi connectivity index (χ2v) is 4.88. The highest BCUT2D eigenvalue weighted by molar-refractivity contribution is 5.80. The van der Waals surface area contributed by atoms with E-state index >= 15 is 0 Å². The van der Waals surface area contributed by atoms with Crippen LogP contribution >= 0.6 is 0 Å². The summed E-state index contributed by atoms with van der Waals surface area (Å²) in [6, 6.07) is 0.867. The van der Waals surface area contributed by atoms with Crippen molar-refractivity contribution in [3.8, 4) is 0 Å². The lowest BCUT2D eigenvalue weighted by Gasteiger charge is -2.19. The molecule has 0 aliphatic heterocycles. The predicted octanol–water partition coefficient (Wildman–Crippen LogP) is -1.32. The number of hydrogen-bond acceptors (Lipinski definition) is 4. The van der Waals surface area contributed by atoms with Crippen LogP contribution in [0.1, 0.15) is 19.5 Å². The van der Waals surface area contributed by atoms with Gasteiger partial charge in [0, 0.05) is 32.4 Å². The Labute approximate surface area is 111 Å². The first kappa shape index (κ1) is 15.2. The highest BCUT2D eigenvalue weighted by Crippen LogP contribution is 2.02. The SMILES string of the molecule is CC(C)C(NCc1cc(=O)n(C)c(=O)n1C)C(N)=O. The van der Waals surface area contributed by atoms with Gasteiger partial charge in [-0.25, -0.2) is 4.79 Å². The van der Waals surface area contributed by atoms with Gasteiger partial charge in [-0.15, -0.1) is 0 Å². The number of rotatable bonds is 5. The van der Waals surface area contributed by atoms with Crippen molar-refractivity contribution in [1.29, 1.82) is 0 Å². The monoisotopic (exact) mass is 268 g/mol. The van der Waals surface area contributed by atoms with Crippen molar-refractivity contribution in [2.45, 2.75) is 26.4 Å². The van der Waals surface area contributed by atoms with E-state index < -0.39 is 17.6 Å². The van der Waals surface area contributed by atoms with E-state index in [1.54, 1.807) is 7.05 Å². The number of nitrogens with two attached hydrogens (primary N) is 1. The number of hydrogen-bond donors (Lipinski definition) is 2. The second kappa shape index (κ2) is 5.83. The van der Waals surface area contributed by atoms with Crippen LogP contribution in [0.5, 0.6) is 0 Å². The summed E-state index contributed by atoms with van der Waals surface area (Å²) in [5.74, 6) is -0.426. The average molecular weight is 268 g/mol. The molecule has 1 heterocycles. The summed E-state index contributed by atoms with van der Waals surface area (Å²) in [6.07, 6.45) is 0. The molecule has 0 spiro atoms. The summed E-state index contributed by atoms with van der Waals surface area (Å²) >= 11 is 0. The van der Waals surface area contributed by atoms with Crippen molar-refractivity contribution in [3.63, 3.8) is 0 Å². The Bertz CT molecular complexity index is 586. The van der Waals surface area contributed by atoms with Gasteiger partial charge in [0.25, 0.3) is 5.56 Å². The number of nitrogens with one attached hydrogen (secondary N) is 1. The second-order valence-electron chi connectivity index (χ2n) is 4.88. The van der Waals surface area contributed by atoms with Gasteiger partial charge in [0.1, 0.15) is 0 Å². The van der Waals surface area contributed by atoms with Crippen molar-refractivity contribution >= 4 is 5.91 Å². The van der Waals surface area contributed by atoms with Crippen molar-refractivity contribution < 1.29 is 4.79 Å². The average Bonchev–Trinajstić information content (AvgIpc) is 2.32. The normalized spacial score (nSPS) is 12.7.